The second kappa shape index (κ2) is 7.89. The molecule has 4 rings (SSSR count). The van der Waals surface area contributed by atoms with Gasteiger partial charge in [-0.25, -0.2) is 0 Å². The van der Waals surface area contributed by atoms with Gasteiger partial charge in [-0.2, -0.15) is 0 Å². The first-order chi connectivity index (χ1) is 13.5. The van der Waals surface area contributed by atoms with Crippen molar-refractivity contribution >= 4 is 17.7 Å². The molecule has 3 amide bonds. The molecule has 3 aliphatic rings. The summed E-state index contributed by atoms with van der Waals surface area (Å²) in [6.45, 7) is 3.45. The lowest BCUT2D eigenvalue weighted by atomic mass is 10.0. The number of hydrogen-bond acceptors (Lipinski definition) is 6. The predicted octanol–water partition coefficient (Wildman–Crippen LogP) is 0.283. The molecule has 2 fully saturated rings. The zero-order valence-electron chi connectivity index (χ0n) is 15.7. The monoisotopic (exact) mass is 387 g/mol. The van der Waals surface area contributed by atoms with Gasteiger partial charge in [0.1, 0.15) is 18.4 Å². The lowest BCUT2D eigenvalue weighted by Crippen LogP contribution is -2.52. The molecule has 1 aromatic rings. The third-order valence-electron chi connectivity index (χ3n) is 5.73. The van der Waals surface area contributed by atoms with Gasteiger partial charge >= 0.3 is 0 Å². The number of likely N-dealkylation sites (tertiary alicyclic amines) is 1. The van der Waals surface area contributed by atoms with Crippen molar-refractivity contribution in [1.82, 2.24) is 15.1 Å². The summed E-state index contributed by atoms with van der Waals surface area (Å²) in [5.41, 5.74) is 1.43. The van der Waals surface area contributed by atoms with Gasteiger partial charge in [-0.3, -0.25) is 24.6 Å². The smallest absolute Gasteiger partial charge is 0.255 e. The molecular formula is C20H25N3O5. The fourth-order valence-electron chi connectivity index (χ4n) is 4.08. The molecule has 0 spiro atoms. The highest BCUT2D eigenvalue weighted by atomic mass is 16.5. The van der Waals surface area contributed by atoms with E-state index in [1.54, 1.807) is 12.1 Å². The van der Waals surface area contributed by atoms with Gasteiger partial charge in [0.25, 0.3) is 5.91 Å². The summed E-state index contributed by atoms with van der Waals surface area (Å²) >= 11 is 0. The van der Waals surface area contributed by atoms with Crippen molar-refractivity contribution in [3.05, 3.63) is 29.3 Å². The Morgan fingerprint density at radius 1 is 1.14 bits per heavy atom. The van der Waals surface area contributed by atoms with E-state index in [1.165, 1.54) is 4.90 Å². The van der Waals surface area contributed by atoms with Crippen LogP contribution in [0.3, 0.4) is 0 Å². The number of rotatable bonds is 5. The number of ether oxygens (including phenoxy) is 1. The molecule has 3 aliphatic heterocycles. The quantitative estimate of drug-likeness (QED) is 0.705. The van der Waals surface area contributed by atoms with Crippen LogP contribution in [0.25, 0.3) is 0 Å². The summed E-state index contributed by atoms with van der Waals surface area (Å²) in [5, 5.41) is 11.9. The van der Waals surface area contributed by atoms with Crippen LogP contribution in [0, 0.1) is 0 Å². The van der Waals surface area contributed by atoms with Crippen LogP contribution in [0.1, 0.15) is 41.6 Å². The number of carbonyl (C=O) groups excluding carboxylic acids is 3. The van der Waals surface area contributed by atoms with Crippen LogP contribution in [0.15, 0.2) is 18.2 Å². The van der Waals surface area contributed by atoms with Crippen LogP contribution < -0.4 is 10.1 Å². The van der Waals surface area contributed by atoms with E-state index < -0.39 is 11.9 Å². The summed E-state index contributed by atoms with van der Waals surface area (Å²) in [4.78, 5) is 39.9. The summed E-state index contributed by atoms with van der Waals surface area (Å²) < 4.78 is 5.85. The van der Waals surface area contributed by atoms with Crippen LogP contribution in [-0.2, 0) is 16.1 Å². The van der Waals surface area contributed by atoms with E-state index in [0.717, 1.165) is 38.0 Å². The predicted molar refractivity (Wildman–Crippen MR) is 99.7 cm³/mol. The van der Waals surface area contributed by atoms with Gasteiger partial charge in [-0.15, -0.1) is 0 Å². The van der Waals surface area contributed by atoms with E-state index in [-0.39, 0.29) is 24.3 Å². The highest BCUT2D eigenvalue weighted by molar-refractivity contribution is 6.05. The minimum absolute atomic E-state index is 0.178. The zero-order valence-corrected chi connectivity index (χ0v) is 15.7. The van der Waals surface area contributed by atoms with E-state index in [9.17, 15) is 19.5 Å². The van der Waals surface area contributed by atoms with E-state index in [0.29, 0.717) is 30.9 Å². The van der Waals surface area contributed by atoms with Gasteiger partial charge in [0.05, 0.1) is 6.10 Å². The molecule has 0 bridgehead atoms. The normalized spacial score (nSPS) is 23.7. The Balaban J connectivity index is 1.34. The second-order valence-corrected chi connectivity index (χ2v) is 7.64. The minimum atomic E-state index is -0.601. The standard InChI is InChI=1S/C20H25N3O5/c24-14-5-7-22(8-6-14)9-10-28-15-1-2-16-13(11-15)12-23(20(16)27)17-3-4-18(25)21-19(17)26/h1-2,11,14,17,24H,3-10,12H2,(H,21,25,26). The molecule has 8 nitrogen and oxygen atoms in total. The number of amides is 3. The lowest BCUT2D eigenvalue weighted by molar-refractivity contribution is -0.136. The summed E-state index contributed by atoms with van der Waals surface area (Å²) in [5.74, 6) is -0.165. The van der Waals surface area contributed by atoms with E-state index >= 15 is 0 Å². The van der Waals surface area contributed by atoms with Crippen LogP contribution in [-0.4, -0.2) is 71.0 Å². The van der Waals surface area contributed by atoms with Crippen LogP contribution in [0.5, 0.6) is 5.75 Å². The number of aliphatic hydroxyl groups excluding tert-OH is 1. The van der Waals surface area contributed by atoms with Crippen LogP contribution in [0.2, 0.25) is 0 Å². The maximum atomic E-state index is 12.7. The lowest BCUT2D eigenvalue weighted by Gasteiger charge is -2.29. The first kappa shape index (κ1) is 18.9. The van der Waals surface area contributed by atoms with Gasteiger partial charge in [-0.05, 0) is 43.0 Å². The summed E-state index contributed by atoms with van der Waals surface area (Å²) in [7, 11) is 0. The molecule has 28 heavy (non-hydrogen) atoms. The fourth-order valence-corrected chi connectivity index (χ4v) is 4.08. The molecule has 1 unspecified atom stereocenters. The molecule has 2 saturated heterocycles. The number of nitrogens with zero attached hydrogens (tertiary/aromatic N) is 2. The van der Waals surface area contributed by atoms with E-state index in [2.05, 4.69) is 10.2 Å². The van der Waals surface area contributed by atoms with Crippen molar-refractivity contribution in [1.29, 1.82) is 0 Å². The van der Waals surface area contributed by atoms with Gasteiger partial charge in [0.2, 0.25) is 11.8 Å². The van der Waals surface area contributed by atoms with Crippen molar-refractivity contribution < 1.29 is 24.2 Å². The number of nitrogens with one attached hydrogen (secondary N) is 1. The Labute approximate surface area is 163 Å². The molecule has 0 aliphatic carbocycles. The molecule has 0 radical (unpaired) electrons. The third-order valence-corrected chi connectivity index (χ3v) is 5.73. The molecule has 1 aromatic carbocycles. The first-order valence-electron chi connectivity index (χ1n) is 9.82. The minimum Gasteiger partial charge on any atom is -0.492 e. The Kier molecular flexibility index (Phi) is 5.32. The van der Waals surface area contributed by atoms with Gasteiger partial charge in [-0.1, -0.05) is 0 Å². The SMILES string of the molecule is O=C1CCC(N2Cc3cc(OCCN4CCC(O)CC4)ccc3C2=O)C(=O)N1. The van der Waals surface area contributed by atoms with Crippen LogP contribution in [0.4, 0.5) is 0 Å². The number of benzene rings is 1. The Hall–Kier alpha value is -2.45. The molecule has 0 aromatic heterocycles. The maximum absolute atomic E-state index is 12.7. The van der Waals surface area contributed by atoms with Gasteiger partial charge in [0, 0.05) is 38.2 Å². The molecule has 1 atom stereocenters. The summed E-state index contributed by atoms with van der Waals surface area (Å²) in [6.07, 6.45) is 2.03. The third kappa shape index (κ3) is 3.88. The van der Waals surface area contributed by atoms with E-state index in [1.807, 2.05) is 6.07 Å². The number of imide groups is 1. The van der Waals surface area contributed by atoms with E-state index in [4.69, 9.17) is 4.74 Å². The number of aliphatic hydroxyl groups is 1. The number of piperidine rings is 2. The molecule has 3 heterocycles. The number of carbonyl (C=O) groups is 3. The Morgan fingerprint density at radius 2 is 1.93 bits per heavy atom. The largest absolute Gasteiger partial charge is 0.492 e. The summed E-state index contributed by atoms with van der Waals surface area (Å²) in [6, 6.07) is 4.79. The molecule has 150 valence electrons. The van der Waals surface area contributed by atoms with Crippen molar-refractivity contribution in [3.63, 3.8) is 0 Å². The van der Waals surface area contributed by atoms with Gasteiger partial charge < -0.3 is 14.7 Å². The molecule has 2 N–H and O–H groups in total. The van der Waals surface area contributed by atoms with Crippen molar-refractivity contribution in [3.8, 4) is 5.75 Å². The topological polar surface area (TPSA) is 99.2 Å². The highest BCUT2D eigenvalue weighted by Gasteiger charge is 2.39. The second-order valence-electron chi connectivity index (χ2n) is 7.64. The number of hydrogen-bond donors (Lipinski definition) is 2. The van der Waals surface area contributed by atoms with Crippen molar-refractivity contribution in [2.75, 3.05) is 26.2 Å². The zero-order chi connectivity index (χ0) is 19.7. The van der Waals surface area contributed by atoms with Crippen LogP contribution >= 0.6 is 0 Å². The Bertz CT molecular complexity index is 788. The average Bonchev–Trinajstić information content (AvgIpc) is 2.99. The van der Waals surface area contributed by atoms with Crippen molar-refractivity contribution in [2.24, 2.45) is 0 Å². The van der Waals surface area contributed by atoms with Crippen molar-refractivity contribution in [2.45, 2.75) is 44.4 Å². The Morgan fingerprint density at radius 3 is 2.68 bits per heavy atom. The first-order valence-corrected chi connectivity index (χ1v) is 9.82. The molecule has 0 saturated carbocycles. The number of fused-ring (bicyclic) bond motifs is 1. The average molecular weight is 387 g/mol. The highest BCUT2D eigenvalue weighted by Crippen LogP contribution is 2.30. The van der Waals surface area contributed by atoms with Gasteiger partial charge in [0.15, 0.2) is 0 Å². The maximum Gasteiger partial charge on any atom is 0.255 e. The molecular weight excluding hydrogens is 362 g/mol. The molecule has 8 heteroatoms. The fraction of sp³-hybridized carbons (Fsp3) is 0.550.